The van der Waals surface area contributed by atoms with Crippen LogP contribution in [-0.2, 0) is 11.3 Å². The van der Waals surface area contributed by atoms with E-state index >= 15 is 0 Å². The number of amides is 3. The van der Waals surface area contributed by atoms with Gasteiger partial charge < -0.3 is 5.32 Å². The van der Waals surface area contributed by atoms with E-state index in [-0.39, 0.29) is 18.0 Å². The molecular formula is C18H25ClN4O2. The molecule has 2 aliphatic rings. The Kier molecular flexibility index (Phi) is 5.93. The van der Waals surface area contributed by atoms with Crippen molar-refractivity contribution in [3.8, 4) is 0 Å². The third-order valence-electron chi connectivity index (χ3n) is 4.81. The molecule has 3 rings (SSSR count). The second kappa shape index (κ2) is 8.17. The number of imide groups is 1. The van der Waals surface area contributed by atoms with Crippen LogP contribution < -0.4 is 5.32 Å². The highest BCUT2D eigenvalue weighted by Gasteiger charge is 2.38. The van der Waals surface area contributed by atoms with Crippen molar-refractivity contribution in [2.24, 2.45) is 0 Å². The van der Waals surface area contributed by atoms with Gasteiger partial charge in [-0.2, -0.15) is 0 Å². The SMILES string of the molecule is CCC[C@@H]1NC(=O)N(CN2CCN(Cc3ccc(Cl)cc3)CC2)C1=O. The van der Waals surface area contributed by atoms with Gasteiger partial charge in [0.15, 0.2) is 0 Å². The van der Waals surface area contributed by atoms with Gasteiger partial charge in [0.1, 0.15) is 6.04 Å². The third kappa shape index (κ3) is 4.51. The van der Waals surface area contributed by atoms with Crippen molar-refractivity contribution in [1.82, 2.24) is 20.0 Å². The van der Waals surface area contributed by atoms with E-state index in [4.69, 9.17) is 11.6 Å². The molecule has 1 aromatic rings. The molecule has 136 valence electrons. The summed E-state index contributed by atoms with van der Waals surface area (Å²) in [4.78, 5) is 30.2. The van der Waals surface area contributed by atoms with Crippen LogP contribution in [0.1, 0.15) is 25.3 Å². The van der Waals surface area contributed by atoms with Crippen molar-refractivity contribution in [2.75, 3.05) is 32.8 Å². The zero-order chi connectivity index (χ0) is 17.8. The molecule has 2 aliphatic heterocycles. The minimum Gasteiger partial charge on any atom is -0.326 e. The van der Waals surface area contributed by atoms with Gasteiger partial charge >= 0.3 is 6.03 Å². The minimum atomic E-state index is -0.344. The maximum absolute atomic E-state index is 12.3. The van der Waals surface area contributed by atoms with E-state index in [2.05, 4.69) is 27.2 Å². The van der Waals surface area contributed by atoms with Gasteiger partial charge in [0.05, 0.1) is 6.67 Å². The van der Waals surface area contributed by atoms with Gasteiger partial charge in [-0.15, -0.1) is 0 Å². The largest absolute Gasteiger partial charge is 0.326 e. The number of hydrogen-bond acceptors (Lipinski definition) is 4. The molecule has 25 heavy (non-hydrogen) atoms. The molecule has 1 N–H and O–H groups in total. The van der Waals surface area contributed by atoms with Crippen LogP contribution >= 0.6 is 11.6 Å². The first-order valence-electron chi connectivity index (χ1n) is 8.88. The Labute approximate surface area is 153 Å². The van der Waals surface area contributed by atoms with E-state index in [1.165, 1.54) is 10.5 Å². The Hall–Kier alpha value is -1.63. The van der Waals surface area contributed by atoms with E-state index in [0.29, 0.717) is 13.1 Å². The monoisotopic (exact) mass is 364 g/mol. The lowest BCUT2D eigenvalue weighted by Gasteiger charge is -2.35. The number of halogens is 1. The molecule has 1 aromatic carbocycles. The summed E-state index contributed by atoms with van der Waals surface area (Å²) in [6.07, 6.45) is 1.59. The van der Waals surface area contributed by atoms with E-state index in [1.54, 1.807) is 0 Å². The van der Waals surface area contributed by atoms with Gasteiger partial charge in [-0.3, -0.25) is 14.6 Å². The average Bonchev–Trinajstić information content (AvgIpc) is 2.86. The molecular weight excluding hydrogens is 340 g/mol. The molecule has 0 saturated carbocycles. The van der Waals surface area contributed by atoms with Crippen LogP contribution in [0.3, 0.4) is 0 Å². The van der Waals surface area contributed by atoms with Gasteiger partial charge in [-0.05, 0) is 24.1 Å². The molecule has 2 heterocycles. The van der Waals surface area contributed by atoms with Crippen LogP contribution in [0, 0.1) is 0 Å². The third-order valence-corrected chi connectivity index (χ3v) is 5.06. The van der Waals surface area contributed by atoms with Crippen LogP contribution in [0.15, 0.2) is 24.3 Å². The minimum absolute atomic E-state index is 0.0876. The molecule has 6 nitrogen and oxygen atoms in total. The molecule has 0 bridgehead atoms. The fourth-order valence-electron chi connectivity index (χ4n) is 3.33. The summed E-state index contributed by atoms with van der Waals surface area (Å²) in [5, 5.41) is 3.53. The van der Waals surface area contributed by atoms with Crippen molar-refractivity contribution in [2.45, 2.75) is 32.4 Å². The first kappa shape index (κ1) is 18.2. The van der Waals surface area contributed by atoms with Gasteiger partial charge in [-0.1, -0.05) is 37.1 Å². The summed E-state index contributed by atoms with van der Waals surface area (Å²) in [6, 6.07) is 7.33. The lowest BCUT2D eigenvalue weighted by Crippen LogP contribution is -2.51. The van der Waals surface area contributed by atoms with Gasteiger partial charge in [0.2, 0.25) is 0 Å². The first-order valence-corrected chi connectivity index (χ1v) is 9.25. The number of rotatable bonds is 6. The quantitative estimate of drug-likeness (QED) is 0.786. The lowest BCUT2D eigenvalue weighted by molar-refractivity contribution is -0.129. The Bertz CT molecular complexity index is 614. The van der Waals surface area contributed by atoms with Crippen molar-refractivity contribution in [3.05, 3.63) is 34.9 Å². The van der Waals surface area contributed by atoms with E-state index in [0.717, 1.165) is 44.2 Å². The zero-order valence-corrected chi connectivity index (χ0v) is 15.3. The van der Waals surface area contributed by atoms with Crippen molar-refractivity contribution in [3.63, 3.8) is 0 Å². The summed E-state index contributed by atoms with van der Waals surface area (Å²) in [7, 11) is 0. The smallest absolute Gasteiger partial charge is 0.325 e. The van der Waals surface area contributed by atoms with Gasteiger partial charge in [0, 0.05) is 37.7 Å². The molecule has 0 aliphatic carbocycles. The van der Waals surface area contributed by atoms with E-state index < -0.39 is 0 Å². The molecule has 0 unspecified atom stereocenters. The predicted octanol–water partition coefficient (Wildman–Crippen LogP) is 2.14. The number of nitrogens with zero attached hydrogens (tertiary/aromatic N) is 3. The number of benzene rings is 1. The second-order valence-corrected chi connectivity index (χ2v) is 7.16. The van der Waals surface area contributed by atoms with Crippen molar-refractivity contribution < 1.29 is 9.59 Å². The van der Waals surface area contributed by atoms with E-state index in [9.17, 15) is 9.59 Å². The molecule has 1 atom stereocenters. The highest BCUT2D eigenvalue weighted by molar-refractivity contribution is 6.30. The van der Waals surface area contributed by atoms with Crippen LogP contribution in [-0.4, -0.2) is 65.5 Å². The fourth-order valence-corrected chi connectivity index (χ4v) is 3.46. The van der Waals surface area contributed by atoms with Crippen LogP contribution in [0.4, 0.5) is 4.79 Å². The van der Waals surface area contributed by atoms with Crippen LogP contribution in [0.25, 0.3) is 0 Å². The number of carbonyl (C=O) groups is 2. The summed E-state index contributed by atoms with van der Waals surface area (Å²) in [5.74, 6) is -0.0876. The lowest BCUT2D eigenvalue weighted by atomic mass is 10.2. The molecule has 3 amide bonds. The molecule has 0 radical (unpaired) electrons. The number of nitrogens with one attached hydrogen (secondary N) is 1. The number of hydrogen-bond donors (Lipinski definition) is 1. The maximum atomic E-state index is 12.3. The standard InChI is InChI=1S/C18H25ClN4O2/c1-2-3-16-17(24)23(18(25)20-16)13-22-10-8-21(9-11-22)12-14-4-6-15(19)7-5-14/h4-7,16H,2-3,8-13H2,1H3,(H,20,25)/t16-/m0/s1. The van der Waals surface area contributed by atoms with Crippen LogP contribution in [0.2, 0.25) is 5.02 Å². The highest BCUT2D eigenvalue weighted by atomic mass is 35.5. The molecule has 2 saturated heterocycles. The predicted molar refractivity (Wildman–Crippen MR) is 97.2 cm³/mol. The molecule has 0 spiro atoms. The summed E-state index contributed by atoms with van der Waals surface area (Å²) >= 11 is 5.92. The Balaban J connectivity index is 1.47. The van der Waals surface area contributed by atoms with Gasteiger partial charge in [0.25, 0.3) is 5.91 Å². The number of piperazine rings is 1. The average molecular weight is 365 g/mol. The van der Waals surface area contributed by atoms with Gasteiger partial charge in [-0.25, -0.2) is 9.69 Å². The maximum Gasteiger partial charge on any atom is 0.325 e. The topological polar surface area (TPSA) is 55.9 Å². The Morgan fingerprint density at radius 3 is 2.36 bits per heavy atom. The number of carbonyl (C=O) groups excluding carboxylic acids is 2. The number of urea groups is 1. The second-order valence-electron chi connectivity index (χ2n) is 6.72. The zero-order valence-electron chi connectivity index (χ0n) is 14.6. The van der Waals surface area contributed by atoms with E-state index in [1.807, 2.05) is 19.1 Å². The molecule has 2 fully saturated rings. The van der Waals surface area contributed by atoms with Crippen molar-refractivity contribution >= 4 is 23.5 Å². The fraction of sp³-hybridized carbons (Fsp3) is 0.556. The highest BCUT2D eigenvalue weighted by Crippen LogP contribution is 2.15. The first-order chi connectivity index (χ1) is 12.1. The van der Waals surface area contributed by atoms with Crippen molar-refractivity contribution in [1.29, 1.82) is 0 Å². The molecule has 7 heteroatoms. The normalized spacial score (nSPS) is 22.5. The summed E-state index contributed by atoms with van der Waals surface area (Å²) in [5.41, 5.74) is 1.24. The Morgan fingerprint density at radius 2 is 1.72 bits per heavy atom. The summed E-state index contributed by atoms with van der Waals surface area (Å²) < 4.78 is 0. The Morgan fingerprint density at radius 1 is 1.08 bits per heavy atom. The van der Waals surface area contributed by atoms with Crippen LogP contribution in [0.5, 0.6) is 0 Å². The molecule has 0 aromatic heterocycles. The summed E-state index contributed by atoms with van der Waals surface area (Å²) in [6.45, 7) is 6.84.